The predicted molar refractivity (Wildman–Crippen MR) is 128 cm³/mol. The maximum absolute atomic E-state index is 5.69. The van der Waals surface area contributed by atoms with Gasteiger partial charge in [0.25, 0.3) is 0 Å². The average molecular weight is 431 g/mol. The molecule has 2 aliphatic rings. The second-order valence-corrected chi connectivity index (χ2v) is 9.31. The molecule has 1 atom stereocenters. The largest absolute Gasteiger partial charge is 0.385 e. The predicted octanol–water partition coefficient (Wildman–Crippen LogP) is 3.65. The number of methoxy groups -OCH3 is 1. The average Bonchev–Trinajstić information content (AvgIpc) is 2.77. The molecule has 6 heteroatoms. The third kappa shape index (κ3) is 6.93. The highest BCUT2D eigenvalue weighted by atomic mass is 16.5. The van der Waals surface area contributed by atoms with Crippen molar-refractivity contribution in [2.24, 2.45) is 10.4 Å². The first kappa shape index (κ1) is 24.0. The molecule has 0 spiro atoms. The molecule has 1 aromatic carbocycles. The minimum absolute atomic E-state index is 0.00604. The van der Waals surface area contributed by atoms with E-state index >= 15 is 0 Å². The van der Waals surface area contributed by atoms with E-state index < -0.39 is 0 Å². The highest BCUT2D eigenvalue weighted by Crippen LogP contribution is 2.44. The highest BCUT2D eigenvalue weighted by Gasteiger charge is 2.37. The van der Waals surface area contributed by atoms with Crippen molar-refractivity contribution < 1.29 is 9.47 Å². The van der Waals surface area contributed by atoms with Crippen LogP contribution in [0.3, 0.4) is 0 Å². The van der Waals surface area contributed by atoms with Gasteiger partial charge in [-0.3, -0.25) is 4.99 Å². The molecule has 1 unspecified atom stereocenters. The van der Waals surface area contributed by atoms with Gasteiger partial charge in [0.2, 0.25) is 0 Å². The molecule has 6 nitrogen and oxygen atoms in total. The highest BCUT2D eigenvalue weighted by molar-refractivity contribution is 5.79. The van der Waals surface area contributed by atoms with Gasteiger partial charge in [0, 0.05) is 58.1 Å². The van der Waals surface area contributed by atoms with E-state index in [0.29, 0.717) is 5.41 Å². The molecule has 1 aromatic rings. The maximum atomic E-state index is 5.69. The standard InChI is InChI=1S/C25H42N4O2/c1-4-26-23(27-19-24(11-8-12-24)13-16-30-3)28-20-25(14-17-31-18-15-25)29-21(2)22-9-6-5-7-10-22/h5-7,9-10,21,29H,4,8,11-20H2,1-3H3,(H2,26,27,28). The zero-order chi connectivity index (χ0) is 22.0. The molecule has 0 aromatic heterocycles. The maximum Gasteiger partial charge on any atom is 0.191 e. The normalized spacial score (nSPS) is 21.2. The number of guanidine groups is 1. The lowest BCUT2D eigenvalue weighted by molar-refractivity contribution is 0.0354. The lowest BCUT2D eigenvalue weighted by Gasteiger charge is -2.42. The van der Waals surface area contributed by atoms with Gasteiger partial charge in [-0.25, -0.2) is 0 Å². The summed E-state index contributed by atoms with van der Waals surface area (Å²) in [6, 6.07) is 11.0. The Balaban J connectivity index is 1.63. The van der Waals surface area contributed by atoms with Crippen LogP contribution in [0.5, 0.6) is 0 Å². The Morgan fingerprint density at radius 2 is 1.87 bits per heavy atom. The Hall–Kier alpha value is -1.63. The van der Waals surface area contributed by atoms with E-state index in [4.69, 9.17) is 14.5 Å². The SMILES string of the molecule is CCNC(=NCC1(CCOC)CCC1)NCC1(NC(C)c2ccccc2)CCOCC1. The number of nitrogens with zero attached hydrogens (tertiary/aromatic N) is 1. The number of ether oxygens (including phenoxy) is 2. The third-order valence-electron chi connectivity index (χ3n) is 7.03. The first-order valence-corrected chi connectivity index (χ1v) is 12.0. The summed E-state index contributed by atoms with van der Waals surface area (Å²) in [5, 5.41) is 11.0. The molecule has 0 amide bonds. The van der Waals surface area contributed by atoms with Crippen LogP contribution in [0, 0.1) is 5.41 Å². The van der Waals surface area contributed by atoms with Gasteiger partial charge in [-0.05, 0) is 56.9 Å². The van der Waals surface area contributed by atoms with Crippen LogP contribution in [-0.4, -0.2) is 58.1 Å². The molecule has 1 saturated heterocycles. The van der Waals surface area contributed by atoms with Crippen molar-refractivity contribution in [2.75, 3.05) is 46.6 Å². The Bertz CT molecular complexity index is 669. The molecule has 2 fully saturated rings. The van der Waals surface area contributed by atoms with Gasteiger partial charge in [-0.2, -0.15) is 0 Å². The fraction of sp³-hybridized carbons (Fsp3) is 0.720. The van der Waals surface area contributed by atoms with Crippen molar-refractivity contribution in [3.63, 3.8) is 0 Å². The van der Waals surface area contributed by atoms with E-state index in [9.17, 15) is 0 Å². The molecular formula is C25H42N4O2. The van der Waals surface area contributed by atoms with Crippen LogP contribution in [0.2, 0.25) is 0 Å². The van der Waals surface area contributed by atoms with Crippen molar-refractivity contribution in [3.8, 4) is 0 Å². The monoisotopic (exact) mass is 430 g/mol. The van der Waals surface area contributed by atoms with Crippen molar-refractivity contribution in [3.05, 3.63) is 35.9 Å². The molecule has 1 aliphatic heterocycles. The van der Waals surface area contributed by atoms with Gasteiger partial charge in [0.05, 0.1) is 0 Å². The summed E-state index contributed by atoms with van der Waals surface area (Å²) in [7, 11) is 1.79. The van der Waals surface area contributed by atoms with Crippen molar-refractivity contribution in [1.29, 1.82) is 0 Å². The minimum Gasteiger partial charge on any atom is -0.385 e. The van der Waals surface area contributed by atoms with Crippen LogP contribution in [0.15, 0.2) is 35.3 Å². The van der Waals surface area contributed by atoms with Crippen LogP contribution >= 0.6 is 0 Å². The summed E-state index contributed by atoms with van der Waals surface area (Å²) in [6.45, 7) is 9.36. The van der Waals surface area contributed by atoms with Crippen molar-refractivity contribution in [2.45, 2.75) is 64.0 Å². The fourth-order valence-corrected chi connectivity index (χ4v) is 4.74. The number of nitrogens with one attached hydrogen (secondary N) is 3. The first-order chi connectivity index (χ1) is 15.1. The van der Waals surface area contributed by atoms with Crippen molar-refractivity contribution >= 4 is 5.96 Å². The minimum atomic E-state index is -0.00604. The van der Waals surface area contributed by atoms with Crippen LogP contribution in [-0.2, 0) is 9.47 Å². The quantitative estimate of drug-likeness (QED) is 0.369. The Kier molecular flexibility index (Phi) is 9.17. The molecule has 0 bridgehead atoms. The smallest absolute Gasteiger partial charge is 0.191 e. The molecule has 3 rings (SSSR count). The van der Waals surface area contributed by atoms with Gasteiger partial charge in [-0.15, -0.1) is 0 Å². The van der Waals surface area contributed by atoms with Gasteiger partial charge in [0.15, 0.2) is 5.96 Å². The number of rotatable bonds is 11. The zero-order valence-electron chi connectivity index (χ0n) is 19.7. The van der Waals surface area contributed by atoms with E-state index in [-0.39, 0.29) is 11.6 Å². The summed E-state index contributed by atoms with van der Waals surface area (Å²) < 4.78 is 11.0. The molecule has 1 heterocycles. The number of benzene rings is 1. The number of hydrogen-bond acceptors (Lipinski definition) is 4. The lowest BCUT2D eigenvalue weighted by atomic mass is 9.67. The fourth-order valence-electron chi connectivity index (χ4n) is 4.74. The van der Waals surface area contributed by atoms with E-state index in [1.807, 2.05) is 0 Å². The number of hydrogen-bond donors (Lipinski definition) is 3. The van der Waals surface area contributed by atoms with Crippen LogP contribution in [0.4, 0.5) is 0 Å². The second-order valence-electron chi connectivity index (χ2n) is 9.31. The summed E-state index contributed by atoms with van der Waals surface area (Å²) in [5.41, 5.74) is 1.64. The second kappa shape index (κ2) is 11.8. The summed E-state index contributed by atoms with van der Waals surface area (Å²) in [6.07, 6.45) is 6.92. The Morgan fingerprint density at radius 3 is 2.48 bits per heavy atom. The topological polar surface area (TPSA) is 66.9 Å². The van der Waals surface area contributed by atoms with Crippen LogP contribution in [0.25, 0.3) is 0 Å². The molecule has 1 aliphatic carbocycles. The summed E-state index contributed by atoms with van der Waals surface area (Å²) >= 11 is 0. The first-order valence-electron chi connectivity index (χ1n) is 12.0. The van der Waals surface area contributed by atoms with Crippen LogP contribution in [0.1, 0.15) is 64.0 Å². The molecule has 0 radical (unpaired) electrons. The van der Waals surface area contributed by atoms with Gasteiger partial charge < -0.3 is 25.4 Å². The van der Waals surface area contributed by atoms with E-state index in [0.717, 1.165) is 64.7 Å². The summed E-state index contributed by atoms with van der Waals surface area (Å²) in [4.78, 5) is 4.99. The molecular weight excluding hydrogens is 388 g/mol. The zero-order valence-corrected chi connectivity index (χ0v) is 19.7. The Labute approximate surface area is 188 Å². The molecule has 1 saturated carbocycles. The number of aliphatic imine (C=N–C) groups is 1. The van der Waals surface area contributed by atoms with E-state index in [1.165, 1.54) is 24.8 Å². The Morgan fingerprint density at radius 1 is 1.13 bits per heavy atom. The molecule has 3 N–H and O–H groups in total. The molecule has 174 valence electrons. The van der Waals surface area contributed by atoms with Gasteiger partial charge in [0.1, 0.15) is 0 Å². The van der Waals surface area contributed by atoms with Crippen LogP contribution < -0.4 is 16.0 Å². The third-order valence-corrected chi connectivity index (χ3v) is 7.03. The van der Waals surface area contributed by atoms with Gasteiger partial charge in [-0.1, -0.05) is 36.8 Å². The molecule has 31 heavy (non-hydrogen) atoms. The van der Waals surface area contributed by atoms with Crippen molar-refractivity contribution in [1.82, 2.24) is 16.0 Å². The lowest BCUT2D eigenvalue weighted by Crippen LogP contribution is -2.58. The van der Waals surface area contributed by atoms with E-state index in [1.54, 1.807) is 7.11 Å². The van der Waals surface area contributed by atoms with Gasteiger partial charge >= 0.3 is 0 Å². The van der Waals surface area contributed by atoms with E-state index in [2.05, 4.69) is 60.1 Å². The summed E-state index contributed by atoms with van der Waals surface area (Å²) in [5.74, 6) is 0.922.